The van der Waals surface area contributed by atoms with Gasteiger partial charge >= 0.3 is 0 Å². The fourth-order valence-corrected chi connectivity index (χ4v) is 0. The molecule has 0 spiro atoms. The summed E-state index contributed by atoms with van der Waals surface area (Å²) in [5.74, 6) is 7.00. The fraction of sp³-hybridized carbons (Fsp3) is 0. The minimum absolute atomic E-state index is 2.08. The lowest BCUT2D eigenvalue weighted by molar-refractivity contribution is -0.379. The van der Waals surface area contributed by atoms with E-state index in [-0.39, 0.29) is 0 Å². The first kappa shape index (κ1) is 8.95. The molecule has 0 heterocycles. The van der Waals surface area contributed by atoms with Crippen LogP contribution in [0.4, 0.5) is 4.79 Å². The van der Waals surface area contributed by atoms with E-state index in [1.807, 2.05) is 0 Å². The van der Waals surface area contributed by atoms with Crippen LogP contribution < -0.4 is 16.8 Å². The highest BCUT2D eigenvalue weighted by Gasteiger charge is 1.51. The molecule has 0 aliphatic heterocycles. The summed E-state index contributed by atoms with van der Waals surface area (Å²) in [6.45, 7) is 0. The standard InChI is InChI=1S/CH2O3.H4N2/c2-1(3)4;1-2/h(H2,2,3,4);1-2H2. The highest BCUT2D eigenvalue weighted by atomic mass is 16.6. The zero-order chi connectivity index (χ0) is 5.58. The van der Waals surface area contributed by atoms with Crippen LogP contribution in [0.1, 0.15) is 0 Å². The Kier molecular flexibility index (Phi) is 13.3. The maximum atomic E-state index is 8.44. The molecule has 0 bridgehead atoms. The molecule has 0 aromatic carbocycles. The average Bonchev–Trinajstić information content (AvgIpc) is 1.41. The lowest BCUT2D eigenvalue weighted by atomic mass is 11.5. The second-order valence-electron chi connectivity index (χ2n) is 0.266. The van der Waals surface area contributed by atoms with E-state index >= 15 is 0 Å². The van der Waals surface area contributed by atoms with Crippen molar-refractivity contribution in [3.63, 3.8) is 0 Å². The largest absolute Gasteiger partial charge is 0.565 e. The summed E-state index contributed by atoms with van der Waals surface area (Å²) in [6, 6.07) is 0. The Labute approximate surface area is 34.1 Å². The molecule has 0 aromatic heterocycles. The van der Waals surface area contributed by atoms with Crippen molar-refractivity contribution in [1.82, 2.24) is 0 Å². The van der Waals surface area contributed by atoms with E-state index in [4.69, 9.17) is 15.0 Å². The van der Waals surface area contributed by atoms with E-state index < -0.39 is 6.16 Å². The predicted octanol–water partition coefficient (Wildman–Crippen LogP) is -3.01. The van der Waals surface area contributed by atoms with E-state index in [1.165, 1.54) is 0 Å². The van der Waals surface area contributed by atoms with Crippen LogP contribution >= 0.6 is 0 Å². The van der Waals surface area contributed by atoms with E-state index in [0.717, 1.165) is 0 Å². The predicted molar refractivity (Wildman–Crippen MR) is 15.1 cm³/mol. The van der Waals surface area contributed by atoms with E-state index in [9.17, 15) is 0 Å². The monoisotopic (exact) mass is 94.0 g/mol. The minimum atomic E-state index is -2.08. The highest BCUT2D eigenvalue weighted by Crippen LogP contribution is 1.32. The molecule has 0 aliphatic carbocycles. The maximum absolute atomic E-state index is 8.44. The normalized spacial score (nSPS) is 5.00. The summed E-state index contributed by atoms with van der Waals surface area (Å²) in [5, 5.41) is 15.3. The Morgan fingerprint density at radius 1 is 1.83 bits per heavy atom. The summed E-state index contributed by atoms with van der Waals surface area (Å²) in [7, 11) is 0. The van der Waals surface area contributed by atoms with Crippen LogP contribution in [0.3, 0.4) is 0 Å². The SMILES string of the molecule is N[NH3+].O=C([O-])O. The molecule has 0 unspecified atom stereocenters. The average molecular weight is 94.1 g/mol. The van der Waals surface area contributed by atoms with Crippen molar-refractivity contribution in [3.05, 3.63) is 0 Å². The van der Waals surface area contributed by atoms with Crippen LogP contribution in [0.5, 0.6) is 0 Å². The molecule has 0 atom stereocenters. The lowest BCUT2D eigenvalue weighted by Crippen LogP contribution is -2.59. The Hall–Kier alpha value is -0.810. The number of carbonyl (C=O) groups is 1. The molecule has 0 amide bonds. The highest BCUT2D eigenvalue weighted by molar-refractivity contribution is 5.50. The molecular formula is CH6N2O3. The van der Waals surface area contributed by atoms with Gasteiger partial charge in [-0.25, -0.2) is 0 Å². The van der Waals surface area contributed by atoms with Gasteiger partial charge in [0.05, 0.1) is 0 Å². The molecule has 0 radical (unpaired) electrons. The first-order valence-corrected chi connectivity index (χ1v) is 1.04. The number of nitrogens with two attached hydrogens (primary N) is 1. The first-order valence-electron chi connectivity index (χ1n) is 1.04. The van der Waals surface area contributed by atoms with Gasteiger partial charge in [0.2, 0.25) is 6.16 Å². The third kappa shape index (κ3) is 23.3. The van der Waals surface area contributed by atoms with Gasteiger partial charge in [-0.05, 0) is 0 Å². The Morgan fingerprint density at radius 2 is 1.83 bits per heavy atom. The first-order chi connectivity index (χ1) is 2.73. The van der Waals surface area contributed by atoms with Gasteiger partial charge in [0.15, 0.2) is 0 Å². The molecule has 0 saturated heterocycles. The van der Waals surface area contributed by atoms with Gasteiger partial charge in [0.1, 0.15) is 0 Å². The van der Waals surface area contributed by atoms with Crippen molar-refractivity contribution in [1.29, 1.82) is 0 Å². The van der Waals surface area contributed by atoms with Crippen LogP contribution in [-0.2, 0) is 0 Å². The smallest absolute Gasteiger partial charge is 0.249 e. The molecule has 38 valence electrons. The molecule has 0 saturated carbocycles. The number of hydrogen-bond donors (Lipinski definition) is 3. The van der Waals surface area contributed by atoms with Crippen LogP contribution in [0.15, 0.2) is 0 Å². The van der Waals surface area contributed by atoms with Crippen LogP contribution in [0.2, 0.25) is 0 Å². The zero-order valence-electron chi connectivity index (χ0n) is 3.05. The van der Waals surface area contributed by atoms with Crippen molar-refractivity contribution in [3.8, 4) is 0 Å². The third-order valence-corrected chi connectivity index (χ3v) is 0. The number of hydrogen-bond acceptors (Lipinski definition) is 3. The van der Waals surface area contributed by atoms with Crippen LogP contribution in [-0.4, -0.2) is 11.3 Å². The zero-order valence-corrected chi connectivity index (χ0v) is 3.05. The van der Waals surface area contributed by atoms with Gasteiger partial charge in [-0.3, -0.25) is 5.84 Å². The van der Waals surface area contributed by atoms with E-state index in [2.05, 4.69) is 11.7 Å². The summed E-state index contributed by atoms with van der Waals surface area (Å²) in [4.78, 5) is 8.44. The van der Waals surface area contributed by atoms with Gasteiger partial charge in [-0.1, -0.05) is 0 Å². The van der Waals surface area contributed by atoms with Crippen LogP contribution in [0.25, 0.3) is 0 Å². The molecule has 6 heavy (non-hydrogen) atoms. The van der Waals surface area contributed by atoms with Gasteiger partial charge < -0.3 is 15.0 Å². The molecular weight excluding hydrogens is 88.0 g/mol. The second-order valence-corrected chi connectivity index (χ2v) is 0.266. The lowest BCUT2D eigenvalue weighted by Gasteiger charge is -1.74. The van der Waals surface area contributed by atoms with Gasteiger partial charge in [-0.15, -0.1) is 0 Å². The van der Waals surface area contributed by atoms with Gasteiger partial charge in [0, 0.05) is 0 Å². The summed E-state index contributed by atoms with van der Waals surface area (Å²) >= 11 is 0. The van der Waals surface area contributed by atoms with Crippen LogP contribution in [0, 0.1) is 0 Å². The van der Waals surface area contributed by atoms with E-state index in [1.54, 1.807) is 0 Å². The van der Waals surface area contributed by atoms with Crippen molar-refractivity contribution < 1.29 is 20.9 Å². The van der Waals surface area contributed by atoms with Crippen molar-refractivity contribution in [2.75, 3.05) is 0 Å². The number of carboxylic acid groups (broad SMARTS) is 2. The fourth-order valence-electron chi connectivity index (χ4n) is 0. The van der Waals surface area contributed by atoms with Crippen molar-refractivity contribution in [2.45, 2.75) is 0 Å². The second kappa shape index (κ2) is 8.89. The molecule has 0 fully saturated rings. The molecule has 6 N–H and O–H groups in total. The van der Waals surface area contributed by atoms with Crippen molar-refractivity contribution in [2.24, 2.45) is 5.84 Å². The summed E-state index contributed by atoms with van der Waals surface area (Å²) < 4.78 is 0. The Balaban J connectivity index is 0. The maximum Gasteiger partial charge on any atom is 0.249 e. The number of quaternary nitrogens is 1. The van der Waals surface area contributed by atoms with Gasteiger partial charge in [-0.2, -0.15) is 5.84 Å². The molecule has 5 heteroatoms. The molecule has 5 nitrogen and oxygen atoms in total. The van der Waals surface area contributed by atoms with Gasteiger partial charge in [0.25, 0.3) is 0 Å². The molecule has 0 aliphatic rings. The molecule has 0 aromatic rings. The minimum Gasteiger partial charge on any atom is -0.565 e. The molecule has 0 rings (SSSR count). The summed E-state index contributed by atoms with van der Waals surface area (Å²) in [5.41, 5.74) is 0. The Bertz CT molecular complexity index is 31.8. The third-order valence-electron chi connectivity index (χ3n) is 0. The van der Waals surface area contributed by atoms with E-state index in [0.29, 0.717) is 0 Å². The van der Waals surface area contributed by atoms with Crippen molar-refractivity contribution >= 4 is 6.16 Å². The Morgan fingerprint density at radius 3 is 1.83 bits per heavy atom. The topological polar surface area (TPSA) is 114 Å². The summed E-state index contributed by atoms with van der Waals surface area (Å²) in [6.07, 6.45) is -2.08. The number of rotatable bonds is 0. The quantitative estimate of drug-likeness (QED) is 0.219.